The maximum Gasteiger partial charge on any atom is 0.407 e. The maximum atomic E-state index is 15.7. The van der Waals surface area contributed by atoms with Gasteiger partial charge < -0.3 is 60.9 Å². The predicted molar refractivity (Wildman–Crippen MR) is 308 cm³/mol. The minimum absolute atomic E-state index is 0.0184. The van der Waals surface area contributed by atoms with Crippen LogP contribution in [-0.2, 0) is 79.4 Å². The third-order valence-electron chi connectivity index (χ3n) is 16.1. The van der Waals surface area contributed by atoms with E-state index in [4.69, 9.17) is 19.2 Å². The van der Waals surface area contributed by atoms with Crippen LogP contribution in [0.15, 0.2) is 95.8 Å². The van der Waals surface area contributed by atoms with Gasteiger partial charge in [-0.15, -0.1) is 0 Å². The summed E-state index contributed by atoms with van der Waals surface area (Å²) in [6.45, 7) is 6.28. The van der Waals surface area contributed by atoms with E-state index in [1.165, 1.54) is 10.6 Å². The van der Waals surface area contributed by atoms with Crippen LogP contribution in [0.2, 0.25) is 0 Å². The fourth-order valence-corrected chi connectivity index (χ4v) is 11.8. The lowest BCUT2D eigenvalue weighted by Crippen LogP contribution is -2.57. The highest BCUT2D eigenvalue weighted by Crippen LogP contribution is 2.47. The number of aliphatic carboxylic acids is 1. The number of benzene rings is 4. The van der Waals surface area contributed by atoms with Crippen molar-refractivity contribution in [1.82, 2.24) is 41.5 Å². The number of amides is 6. The van der Waals surface area contributed by atoms with Crippen molar-refractivity contribution in [3.05, 3.63) is 157 Å². The molecule has 4 aliphatic rings. The topological polar surface area (TPSA) is 312 Å². The average Bonchev–Trinajstić information content (AvgIpc) is 1.48. The Morgan fingerprint density at radius 3 is 2.16 bits per heavy atom. The van der Waals surface area contributed by atoms with Gasteiger partial charge in [0.25, 0.3) is 5.56 Å². The van der Waals surface area contributed by atoms with Crippen molar-refractivity contribution in [1.29, 1.82) is 0 Å². The number of aliphatic hydroxyl groups is 1. The summed E-state index contributed by atoms with van der Waals surface area (Å²) < 4.78 is 34.0. The second-order valence-electron chi connectivity index (χ2n) is 22.8. The molecule has 448 valence electrons. The van der Waals surface area contributed by atoms with E-state index in [2.05, 4.69) is 31.9 Å². The quantitative estimate of drug-likeness (QED) is 0.0494. The Morgan fingerprint density at radius 2 is 1.49 bits per heavy atom. The van der Waals surface area contributed by atoms with Crippen molar-refractivity contribution in [2.45, 2.75) is 121 Å². The molecule has 0 fully saturated rings. The van der Waals surface area contributed by atoms with Crippen LogP contribution in [-0.4, -0.2) is 117 Å². The standard InChI is InChI=1S/C63H65FN8O14/c1-6-63(83)42-23-49-55-39(28-72(49)59(80)41(42)30-84-60(63)81)54-44(21-20-34-32(2)43(64)24-45(68-55)53(34)54)69-58(79)48(31-86-62(3,4)5)70-57(78)46(22-33-14-8-7-9-15-33)67-51(74)27-65-50(73)26-66-56(77)47(25-52(75)76)71-61(82)85-29-40-37-18-12-10-16-35(37)36-17-11-13-19-38(36)40/h7-19,23-24,40,44,46-48,83H,6,20-22,25-31H2,1-5H3,(H,65,73)(H,66,77)(H,67,74)(H,69,79)(H,70,78)(H,71,82)(H,75,76)/t44-,46-,47-,48-,63-/m0/s1. The van der Waals surface area contributed by atoms with Crippen LogP contribution in [0.4, 0.5) is 9.18 Å². The Balaban J connectivity index is 0.816. The Bertz CT molecular complexity index is 3780. The molecule has 0 unspecified atom stereocenters. The fourth-order valence-electron chi connectivity index (χ4n) is 11.8. The van der Waals surface area contributed by atoms with Crippen LogP contribution < -0.4 is 37.5 Å². The van der Waals surface area contributed by atoms with Gasteiger partial charge in [-0.05, 0) is 97.5 Å². The summed E-state index contributed by atoms with van der Waals surface area (Å²) in [7, 11) is 0. The third-order valence-corrected chi connectivity index (χ3v) is 16.1. The maximum absolute atomic E-state index is 15.7. The fraction of sp³-hybridized carbons (Fsp3) is 0.365. The number of carbonyl (C=O) groups excluding carboxylic acids is 7. The molecule has 0 saturated heterocycles. The molecule has 2 aliphatic carbocycles. The molecular weight excluding hydrogens is 1110 g/mol. The molecule has 10 rings (SSSR count). The lowest BCUT2D eigenvalue weighted by molar-refractivity contribution is -0.172. The van der Waals surface area contributed by atoms with Gasteiger partial charge in [-0.2, -0.15) is 0 Å². The van der Waals surface area contributed by atoms with E-state index < -0.39 is 114 Å². The number of fused-ring (bicyclic) bond motifs is 8. The van der Waals surface area contributed by atoms with Gasteiger partial charge in [0.2, 0.25) is 29.5 Å². The highest BCUT2D eigenvalue weighted by molar-refractivity contribution is 5.97. The number of hydrogen-bond donors (Lipinski definition) is 8. The Hall–Kier alpha value is -9.35. The van der Waals surface area contributed by atoms with Crippen molar-refractivity contribution in [2.75, 3.05) is 26.3 Å². The highest BCUT2D eigenvalue weighted by Gasteiger charge is 2.46. The van der Waals surface area contributed by atoms with Crippen molar-refractivity contribution in [3.63, 3.8) is 0 Å². The van der Waals surface area contributed by atoms with E-state index in [0.29, 0.717) is 45.3 Å². The zero-order chi connectivity index (χ0) is 61.4. The van der Waals surface area contributed by atoms with E-state index in [0.717, 1.165) is 22.3 Å². The number of cyclic esters (lactones) is 1. The summed E-state index contributed by atoms with van der Waals surface area (Å²) in [5.41, 5.74) is 4.28. The molecule has 0 radical (unpaired) electrons. The summed E-state index contributed by atoms with van der Waals surface area (Å²) in [5.74, 6) is -7.35. The molecule has 86 heavy (non-hydrogen) atoms. The molecule has 0 spiro atoms. The summed E-state index contributed by atoms with van der Waals surface area (Å²) in [4.78, 5) is 126. The van der Waals surface area contributed by atoms with Gasteiger partial charge in [0.05, 0.1) is 66.8 Å². The van der Waals surface area contributed by atoms with Crippen LogP contribution in [0.3, 0.4) is 0 Å². The number of esters is 1. The molecule has 22 nitrogen and oxygen atoms in total. The largest absolute Gasteiger partial charge is 0.481 e. The number of aromatic nitrogens is 2. The normalized spacial score (nSPS) is 17.2. The third kappa shape index (κ3) is 12.1. The first-order valence-corrected chi connectivity index (χ1v) is 28.3. The first-order chi connectivity index (χ1) is 41.0. The number of pyridine rings is 2. The van der Waals surface area contributed by atoms with Gasteiger partial charge >= 0.3 is 18.0 Å². The van der Waals surface area contributed by atoms with Gasteiger partial charge in [-0.3, -0.25) is 33.6 Å². The molecule has 5 atom stereocenters. The molecule has 0 bridgehead atoms. The summed E-state index contributed by atoms with van der Waals surface area (Å²) >= 11 is 0. The molecule has 4 aromatic carbocycles. The minimum atomic E-state index is -2.10. The van der Waals surface area contributed by atoms with Crippen molar-refractivity contribution in [3.8, 4) is 22.5 Å². The van der Waals surface area contributed by atoms with Gasteiger partial charge in [-0.25, -0.2) is 19.0 Å². The Morgan fingerprint density at radius 1 is 0.814 bits per heavy atom. The number of carbonyl (C=O) groups is 8. The number of carboxylic acid groups (broad SMARTS) is 1. The first-order valence-electron chi connectivity index (χ1n) is 28.3. The molecule has 2 aliphatic heterocycles. The van der Waals surface area contributed by atoms with E-state index in [9.17, 15) is 53.4 Å². The molecule has 4 heterocycles. The van der Waals surface area contributed by atoms with Gasteiger partial charge in [-0.1, -0.05) is 85.8 Å². The lowest BCUT2D eigenvalue weighted by atomic mass is 9.81. The molecule has 6 aromatic rings. The first kappa shape index (κ1) is 59.8. The number of nitrogens with one attached hydrogen (secondary N) is 6. The molecule has 8 N–H and O–H groups in total. The summed E-state index contributed by atoms with van der Waals surface area (Å²) in [6, 6.07) is 21.7. The Labute approximate surface area is 492 Å². The van der Waals surface area contributed by atoms with E-state index >= 15 is 4.39 Å². The number of ether oxygens (including phenoxy) is 3. The number of carboxylic acids is 1. The average molecular weight is 1180 g/mol. The van der Waals surface area contributed by atoms with Crippen molar-refractivity contribution in [2.24, 2.45) is 0 Å². The van der Waals surface area contributed by atoms with Crippen LogP contribution in [0, 0.1) is 12.7 Å². The van der Waals surface area contributed by atoms with Crippen LogP contribution >= 0.6 is 0 Å². The lowest BCUT2D eigenvalue weighted by Gasteiger charge is -2.32. The molecule has 0 saturated carbocycles. The number of alkyl carbamates (subject to hydrolysis) is 1. The smallest absolute Gasteiger partial charge is 0.407 e. The van der Waals surface area contributed by atoms with Crippen LogP contribution in [0.25, 0.3) is 33.4 Å². The van der Waals surface area contributed by atoms with Gasteiger partial charge in [0.15, 0.2) is 5.60 Å². The number of halogens is 1. The number of hydrogen-bond acceptors (Lipinski definition) is 14. The number of aryl methyl sites for hydroxylation is 1. The molecule has 2 aromatic heterocycles. The van der Waals surface area contributed by atoms with Gasteiger partial charge in [0, 0.05) is 34.9 Å². The number of rotatable bonds is 20. The van der Waals surface area contributed by atoms with Crippen LogP contribution in [0.1, 0.15) is 109 Å². The molecule has 23 heteroatoms. The zero-order valence-corrected chi connectivity index (χ0v) is 47.9. The second kappa shape index (κ2) is 24.3. The van der Waals surface area contributed by atoms with E-state index in [1.54, 1.807) is 71.0 Å². The monoisotopic (exact) mass is 1180 g/mol. The second-order valence-corrected chi connectivity index (χ2v) is 22.8. The zero-order valence-electron chi connectivity index (χ0n) is 47.9. The minimum Gasteiger partial charge on any atom is -0.481 e. The molecular formula is C63H65FN8O14. The van der Waals surface area contributed by atoms with Crippen LogP contribution in [0.5, 0.6) is 0 Å². The molecule has 6 amide bonds. The number of nitrogens with zero attached hydrogens (tertiary/aromatic N) is 2. The van der Waals surface area contributed by atoms with E-state index in [1.807, 2.05) is 48.5 Å². The summed E-state index contributed by atoms with van der Waals surface area (Å²) in [5, 5.41) is 37.1. The SMILES string of the molecule is CC[C@@]1(O)C(=O)OCc2c1cc1n(c2=O)Cc2c-1nc1cc(F)c(C)c3c1c2[C@@H](NC(=O)[C@H](COC(C)(C)C)NC(=O)[C@H](Cc1ccccc1)NC(=O)CNC(=O)CNC(=O)[C@H](CC(=O)O)NC(=O)OCC1c2ccccc2-c2ccccc21)CC3. The highest BCUT2D eigenvalue weighted by atomic mass is 19.1. The summed E-state index contributed by atoms with van der Waals surface area (Å²) in [6.07, 6.45) is -1.49. The Kier molecular flexibility index (Phi) is 16.9. The van der Waals surface area contributed by atoms with Crippen molar-refractivity contribution >= 4 is 58.5 Å². The van der Waals surface area contributed by atoms with Crippen molar-refractivity contribution < 1.29 is 67.2 Å². The van der Waals surface area contributed by atoms with E-state index in [-0.39, 0.29) is 73.9 Å². The van der Waals surface area contributed by atoms with Gasteiger partial charge in [0.1, 0.15) is 37.2 Å². The predicted octanol–water partition coefficient (Wildman–Crippen LogP) is 4.27.